The van der Waals surface area contributed by atoms with Crippen LogP contribution in [0.5, 0.6) is 0 Å². The van der Waals surface area contributed by atoms with Crippen LogP contribution in [0.3, 0.4) is 0 Å². The minimum atomic E-state index is -1.59. The summed E-state index contributed by atoms with van der Waals surface area (Å²) in [4.78, 5) is 22.2. The van der Waals surface area contributed by atoms with Crippen LogP contribution in [0.4, 0.5) is 0 Å². The van der Waals surface area contributed by atoms with Gasteiger partial charge in [0.15, 0.2) is 6.10 Å². The fourth-order valence-corrected chi connectivity index (χ4v) is 1.92. The molecule has 0 saturated heterocycles. The van der Waals surface area contributed by atoms with Gasteiger partial charge in [-0.2, -0.15) is 0 Å². The number of aryl methyl sites for hydroxylation is 1. The lowest BCUT2D eigenvalue weighted by Gasteiger charge is -2.10. The Labute approximate surface area is 113 Å². The number of carbonyl (C=O) groups is 2. The molecule has 0 unspecified atom stereocenters. The van der Waals surface area contributed by atoms with Crippen LogP contribution in [0, 0.1) is 0 Å². The molecular formula is C11H15BrN2O4. The van der Waals surface area contributed by atoms with Gasteiger partial charge in [-0.05, 0) is 28.4 Å². The van der Waals surface area contributed by atoms with Crippen LogP contribution in [-0.4, -0.2) is 39.3 Å². The van der Waals surface area contributed by atoms with E-state index >= 15 is 0 Å². The highest BCUT2D eigenvalue weighted by Crippen LogP contribution is 2.15. The first-order valence-corrected chi connectivity index (χ1v) is 6.29. The number of carbonyl (C=O) groups excluding carboxylic acids is 1. The molecule has 100 valence electrons. The molecule has 1 heterocycles. The second-order valence-corrected chi connectivity index (χ2v) is 4.72. The summed E-state index contributed by atoms with van der Waals surface area (Å²) in [7, 11) is 0. The molecule has 1 amide bonds. The molecule has 7 heteroatoms. The first kappa shape index (κ1) is 14.7. The largest absolute Gasteiger partial charge is 0.479 e. The van der Waals surface area contributed by atoms with E-state index in [4.69, 9.17) is 10.2 Å². The van der Waals surface area contributed by atoms with Crippen molar-refractivity contribution < 1.29 is 19.8 Å². The normalized spacial score (nSPS) is 12.2. The monoisotopic (exact) mass is 318 g/mol. The molecule has 1 rings (SSSR count). The maximum atomic E-state index is 11.8. The summed E-state index contributed by atoms with van der Waals surface area (Å²) in [5.74, 6) is -1.77. The summed E-state index contributed by atoms with van der Waals surface area (Å²) < 4.78 is 2.55. The van der Waals surface area contributed by atoms with Crippen LogP contribution in [-0.2, 0) is 11.3 Å². The number of hydrogen-bond acceptors (Lipinski definition) is 3. The SMILES string of the molecule is CCCn1cc(Br)cc1C(=O)NC[C@H](O)C(=O)O. The Bertz CT molecular complexity index is 444. The van der Waals surface area contributed by atoms with E-state index in [0.717, 1.165) is 10.9 Å². The minimum Gasteiger partial charge on any atom is -0.479 e. The average molecular weight is 319 g/mol. The number of aliphatic hydroxyl groups excluding tert-OH is 1. The van der Waals surface area contributed by atoms with Gasteiger partial charge >= 0.3 is 5.97 Å². The molecule has 6 nitrogen and oxygen atoms in total. The second kappa shape index (κ2) is 6.55. The van der Waals surface area contributed by atoms with Gasteiger partial charge in [0.2, 0.25) is 0 Å². The molecule has 0 saturated carbocycles. The maximum absolute atomic E-state index is 11.8. The lowest BCUT2D eigenvalue weighted by molar-refractivity contribution is -0.146. The Kier molecular flexibility index (Phi) is 5.36. The van der Waals surface area contributed by atoms with Gasteiger partial charge in [0, 0.05) is 17.2 Å². The van der Waals surface area contributed by atoms with Gasteiger partial charge < -0.3 is 20.1 Å². The summed E-state index contributed by atoms with van der Waals surface area (Å²) in [5, 5.41) is 19.9. The zero-order valence-electron chi connectivity index (χ0n) is 9.89. The molecule has 1 aromatic rings. The van der Waals surface area contributed by atoms with Crippen molar-refractivity contribution in [1.29, 1.82) is 0 Å². The van der Waals surface area contributed by atoms with E-state index in [0.29, 0.717) is 12.2 Å². The Balaban J connectivity index is 2.69. The number of aliphatic hydroxyl groups is 1. The highest BCUT2D eigenvalue weighted by molar-refractivity contribution is 9.10. The predicted octanol–water partition coefficient (Wildman–Crippen LogP) is 0.836. The van der Waals surface area contributed by atoms with Crippen LogP contribution in [0.2, 0.25) is 0 Å². The highest BCUT2D eigenvalue weighted by atomic mass is 79.9. The van der Waals surface area contributed by atoms with E-state index in [2.05, 4.69) is 21.2 Å². The Hall–Kier alpha value is -1.34. The zero-order chi connectivity index (χ0) is 13.7. The summed E-state index contributed by atoms with van der Waals surface area (Å²) >= 11 is 3.28. The summed E-state index contributed by atoms with van der Waals surface area (Å²) in [6.45, 7) is 2.36. The van der Waals surface area contributed by atoms with Crippen molar-refractivity contribution in [2.75, 3.05) is 6.54 Å². The first-order chi connectivity index (χ1) is 8.45. The third kappa shape index (κ3) is 3.85. The Morgan fingerprint density at radius 2 is 2.22 bits per heavy atom. The predicted molar refractivity (Wildman–Crippen MR) is 68.4 cm³/mol. The molecular weight excluding hydrogens is 304 g/mol. The van der Waals surface area contributed by atoms with Crippen molar-refractivity contribution in [1.82, 2.24) is 9.88 Å². The number of amides is 1. The molecule has 0 aliphatic carbocycles. The van der Waals surface area contributed by atoms with Crippen molar-refractivity contribution in [3.05, 3.63) is 22.4 Å². The lowest BCUT2D eigenvalue weighted by Crippen LogP contribution is -2.37. The molecule has 0 aliphatic heterocycles. The smallest absolute Gasteiger partial charge is 0.334 e. The molecule has 0 bridgehead atoms. The zero-order valence-corrected chi connectivity index (χ0v) is 11.5. The van der Waals surface area contributed by atoms with E-state index in [-0.39, 0.29) is 6.54 Å². The third-order valence-electron chi connectivity index (χ3n) is 2.30. The van der Waals surface area contributed by atoms with E-state index in [1.165, 1.54) is 0 Å². The molecule has 0 fully saturated rings. The number of rotatable bonds is 6. The number of hydrogen-bond donors (Lipinski definition) is 3. The number of carboxylic acids is 1. The number of aromatic nitrogens is 1. The summed E-state index contributed by atoms with van der Waals surface area (Å²) in [6, 6.07) is 1.65. The average Bonchev–Trinajstić information content (AvgIpc) is 2.67. The molecule has 18 heavy (non-hydrogen) atoms. The fourth-order valence-electron chi connectivity index (χ4n) is 1.46. The van der Waals surface area contributed by atoms with Crippen LogP contribution in [0.15, 0.2) is 16.7 Å². The van der Waals surface area contributed by atoms with Crippen molar-refractivity contribution in [3.8, 4) is 0 Å². The molecule has 0 aromatic carbocycles. The van der Waals surface area contributed by atoms with Crippen molar-refractivity contribution in [3.63, 3.8) is 0 Å². The topological polar surface area (TPSA) is 91.6 Å². The van der Waals surface area contributed by atoms with Crippen LogP contribution in [0.25, 0.3) is 0 Å². The van der Waals surface area contributed by atoms with E-state index in [1.807, 2.05) is 6.92 Å². The van der Waals surface area contributed by atoms with Gasteiger partial charge in [0.25, 0.3) is 5.91 Å². The van der Waals surface area contributed by atoms with Crippen LogP contribution in [0.1, 0.15) is 23.8 Å². The van der Waals surface area contributed by atoms with Gasteiger partial charge in [-0.1, -0.05) is 6.92 Å². The van der Waals surface area contributed by atoms with E-state index < -0.39 is 18.0 Å². The minimum absolute atomic E-state index is 0.316. The van der Waals surface area contributed by atoms with Crippen molar-refractivity contribution in [2.45, 2.75) is 26.0 Å². The van der Waals surface area contributed by atoms with Gasteiger partial charge in [0.1, 0.15) is 5.69 Å². The lowest BCUT2D eigenvalue weighted by atomic mass is 10.3. The quantitative estimate of drug-likeness (QED) is 0.724. The van der Waals surface area contributed by atoms with E-state index in [1.54, 1.807) is 16.8 Å². The third-order valence-corrected chi connectivity index (χ3v) is 2.74. The number of halogens is 1. The van der Waals surface area contributed by atoms with Crippen LogP contribution >= 0.6 is 15.9 Å². The van der Waals surface area contributed by atoms with E-state index in [9.17, 15) is 9.59 Å². The van der Waals surface area contributed by atoms with Gasteiger partial charge in [0.05, 0.1) is 6.54 Å². The Morgan fingerprint density at radius 3 is 2.78 bits per heavy atom. The molecule has 1 aromatic heterocycles. The molecule has 3 N–H and O–H groups in total. The van der Waals surface area contributed by atoms with Crippen molar-refractivity contribution in [2.24, 2.45) is 0 Å². The Morgan fingerprint density at radius 1 is 1.56 bits per heavy atom. The standard InChI is InChI=1S/C11H15BrN2O4/c1-2-3-14-6-7(12)4-8(14)10(16)13-5-9(15)11(17)18/h4,6,9,15H,2-3,5H2,1H3,(H,13,16)(H,17,18)/t9-/m0/s1. The molecule has 0 radical (unpaired) electrons. The van der Waals surface area contributed by atoms with Gasteiger partial charge in [-0.3, -0.25) is 4.79 Å². The molecule has 1 atom stereocenters. The fraction of sp³-hybridized carbons (Fsp3) is 0.455. The van der Waals surface area contributed by atoms with Crippen LogP contribution < -0.4 is 5.32 Å². The molecule has 0 aliphatic rings. The molecule has 0 spiro atoms. The number of carboxylic acid groups (broad SMARTS) is 1. The number of aliphatic carboxylic acids is 1. The van der Waals surface area contributed by atoms with Gasteiger partial charge in [-0.15, -0.1) is 0 Å². The summed E-state index contributed by atoms with van der Waals surface area (Å²) in [6.07, 6.45) is 1.07. The summed E-state index contributed by atoms with van der Waals surface area (Å²) in [5.41, 5.74) is 0.432. The maximum Gasteiger partial charge on any atom is 0.334 e. The number of nitrogens with one attached hydrogen (secondary N) is 1. The van der Waals surface area contributed by atoms with Crippen molar-refractivity contribution >= 4 is 27.8 Å². The van der Waals surface area contributed by atoms with Gasteiger partial charge in [-0.25, -0.2) is 4.79 Å². The second-order valence-electron chi connectivity index (χ2n) is 3.80. The highest BCUT2D eigenvalue weighted by Gasteiger charge is 2.17. The first-order valence-electron chi connectivity index (χ1n) is 5.50. The number of nitrogens with zero attached hydrogens (tertiary/aromatic N) is 1.